The van der Waals surface area contributed by atoms with Crippen molar-refractivity contribution in [1.82, 2.24) is 14.7 Å². The maximum absolute atomic E-state index is 14.1. The number of hydrogen-bond acceptors (Lipinski definition) is 9. The third-order valence-electron chi connectivity index (χ3n) is 5.26. The van der Waals surface area contributed by atoms with Crippen molar-refractivity contribution in [2.75, 3.05) is 19.0 Å². The molecule has 0 saturated carbocycles. The molecule has 12 heteroatoms. The lowest BCUT2D eigenvalue weighted by molar-refractivity contribution is -0.387. The number of hydrogen-bond donors (Lipinski definition) is 1. The molecule has 0 aliphatic heterocycles. The zero-order valence-electron chi connectivity index (χ0n) is 20.5. The number of nitro groups is 1. The summed E-state index contributed by atoms with van der Waals surface area (Å²) in [4.78, 5) is 37.8. The number of nitro benzene ring substituents is 1. The normalized spacial score (nSPS) is 11.0. The Balaban J connectivity index is 1.88. The number of aromatic nitrogens is 3. The molecule has 0 aliphatic rings. The molecular weight excluding hydrogens is 485 g/mol. The number of ether oxygens (including phenoxy) is 2. The van der Waals surface area contributed by atoms with E-state index in [2.05, 4.69) is 15.3 Å². The van der Waals surface area contributed by atoms with Gasteiger partial charge in [0, 0.05) is 29.3 Å². The summed E-state index contributed by atoms with van der Waals surface area (Å²) in [6.07, 6.45) is 2.62. The first-order valence-electron chi connectivity index (χ1n) is 11.3. The quantitative estimate of drug-likeness (QED) is 0.190. The van der Waals surface area contributed by atoms with Crippen LogP contribution in [0.1, 0.15) is 31.1 Å². The van der Waals surface area contributed by atoms with E-state index in [-0.39, 0.29) is 34.7 Å². The number of para-hydroxylation sites is 1. The van der Waals surface area contributed by atoms with Gasteiger partial charge in [-0.05, 0) is 26.8 Å². The van der Waals surface area contributed by atoms with Gasteiger partial charge in [-0.2, -0.15) is 9.12 Å². The van der Waals surface area contributed by atoms with Crippen LogP contribution in [0.15, 0.2) is 48.8 Å². The average molecular weight is 509 g/mol. The second-order valence-corrected chi connectivity index (χ2v) is 8.10. The van der Waals surface area contributed by atoms with Crippen molar-refractivity contribution >= 4 is 34.2 Å². The van der Waals surface area contributed by atoms with Crippen molar-refractivity contribution in [2.24, 2.45) is 0 Å². The summed E-state index contributed by atoms with van der Waals surface area (Å²) in [5.74, 6) is -1.68. The van der Waals surface area contributed by atoms with Crippen LogP contribution in [0.25, 0.3) is 22.2 Å². The SMILES string of the molecule is CCOn1cc(-c2nc(Nc3cc([N+](=O)[O-])c(F)cc3OC)ncc2C(=O)OC(C)C)c2ccccc21. The third kappa shape index (κ3) is 5.13. The van der Waals surface area contributed by atoms with Crippen LogP contribution in [0.4, 0.5) is 21.7 Å². The van der Waals surface area contributed by atoms with Gasteiger partial charge < -0.3 is 19.6 Å². The zero-order valence-corrected chi connectivity index (χ0v) is 20.5. The molecule has 2 aromatic heterocycles. The summed E-state index contributed by atoms with van der Waals surface area (Å²) in [6, 6.07) is 9.31. The molecule has 2 aromatic carbocycles. The molecule has 0 radical (unpaired) electrons. The van der Waals surface area contributed by atoms with Crippen LogP contribution >= 0.6 is 0 Å². The maximum atomic E-state index is 14.1. The minimum atomic E-state index is -1.05. The Morgan fingerprint density at radius 2 is 2.03 bits per heavy atom. The predicted molar refractivity (Wildman–Crippen MR) is 134 cm³/mol. The molecular formula is C25H24FN5O6. The second-order valence-electron chi connectivity index (χ2n) is 8.10. The summed E-state index contributed by atoms with van der Waals surface area (Å²) in [7, 11) is 1.30. The van der Waals surface area contributed by atoms with Gasteiger partial charge >= 0.3 is 11.7 Å². The number of nitrogens with zero attached hydrogens (tertiary/aromatic N) is 4. The van der Waals surface area contributed by atoms with Gasteiger partial charge in [-0.15, -0.1) is 0 Å². The summed E-state index contributed by atoms with van der Waals surface area (Å²) in [5, 5.41) is 14.8. The summed E-state index contributed by atoms with van der Waals surface area (Å²) < 4.78 is 26.3. The van der Waals surface area contributed by atoms with Gasteiger partial charge in [0.2, 0.25) is 11.8 Å². The molecule has 2 heterocycles. The highest BCUT2D eigenvalue weighted by molar-refractivity contribution is 6.02. The molecule has 0 bridgehead atoms. The number of halogens is 1. The van der Waals surface area contributed by atoms with E-state index < -0.39 is 22.4 Å². The lowest BCUT2D eigenvalue weighted by atomic mass is 10.1. The van der Waals surface area contributed by atoms with Crippen molar-refractivity contribution in [3.8, 4) is 17.0 Å². The first-order valence-corrected chi connectivity index (χ1v) is 11.3. The topological polar surface area (TPSA) is 131 Å². The molecule has 4 aromatic rings. The predicted octanol–water partition coefficient (Wildman–Crippen LogP) is 4.91. The fourth-order valence-electron chi connectivity index (χ4n) is 3.73. The monoisotopic (exact) mass is 509 g/mol. The lowest BCUT2D eigenvalue weighted by Gasteiger charge is -2.14. The maximum Gasteiger partial charge on any atom is 0.342 e. The second kappa shape index (κ2) is 10.5. The molecule has 1 N–H and O–H groups in total. The van der Waals surface area contributed by atoms with Gasteiger partial charge in [0.05, 0.1) is 41.2 Å². The highest BCUT2D eigenvalue weighted by Gasteiger charge is 2.24. The van der Waals surface area contributed by atoms with Crippen molar-refractivity contribution in [1.29, 1.82) is 0 Å². The molecule has 0 unspecified atom stereocenters. The van der Waals surface area contributed by atoms with Gasteiger partial charge in [0.15, 0.2) is 0 Å². The lowest BCUT2D eigenvalue weighted by Crippen LogP contribution is -2.14. The summed E-state index contributed by atoms with van der Waals surface area (Å²) in [6.45, 7) is 5.70. The van der Waals surface area contributed by atoms with Gasteiger partial charge in [-0.1, -0.05) is 18.2 Å². The van der Waals surface area contributed by atoms with Crippen molar-refractivity contribution in [3.05, 3.63) is 70.3 Å². The van der Waals surface area contributed by atoms with Crippen molar-refractivity contribution in [2.45, 2.75) is 26.9 Å². The van der Waals surface area contributed by atoms with Crippen LogP contribution < -0.4 is 14.9 Å². The fraction of sp³-hybridized carbons (Fsp3) is 0.240. The zero-order chi connectivity index (χ0) is 26.7. The van der Waals surface area contributed by atoms with Crippen molar-refractivity contribution in [3.63, 3.8) is 0 Å². The van der Waals surface area contributed by atoms with E-state index in [0.717, 1.165) is 23.0 Å². The highest BCUT2D eigenvalue weighted by atomic mass is 19.1. The van der Waals surface area contributed by atoms with Crippen LogP contribution in [0.2, 0.25) is 0 Å². The van der Waals surface area contributed by atoms with Crippen LogP contribution in [-0.2, 0) is 4.74 Å². The van der Waals surface area contributed by atoms with E-state index in [0.29, 0.717) is 12.2 Å². The number of esters is 1. The Bertz CT molecular complexity index is 1490. The number of benzene rings is 2. The first-order chi connectivity index (χ1) is 17.7. The van der Waals surface area contributed by atoms with Crippen molar-refractivity contribution < 1.29 is 28.4 Å². The molecule has 0 amide bonds. The summed E-state index contributed by atoms with van der Waals surface area (Å²) >= 11 is 0. The van der Waals surface area contributed by atoms with E-state index in [9.17, 15) is 19.3 Å². The largest absolute Gasteiger partial charge is 0.494 e. The number of methoxy groups -OCH3 is 1. The van der Waals surface area contributed by atoms with Crippen LogP contribution in [-0.4, -0.2) is 45.4 Å². The number of fused-ring (bicyclic) bond motifs is 1. The highest BCUT2D eigenvalue weighted by Crippen LogP contribution is 2.35. The molecule has 0 spiro atoms. The van der Waals surface area contributed by atoms with Crippen LogP contribution in [0.5, 0.6) is 5.75 Å². The number of carbonyl (C=O) groups is 1. The molecule has 11 nitrogen and oxygen atoms in total. The number of rotatable bonds is 9. The Labute approximate surface area is 210 Å². The Hall–Kier alpha value is -4.74. The van der Waals surface area contributed by atoms with Gasteiger partial charge in [-0.3, -0.25) is 10.1 Å². The molecule has 0 saturated heterocycles. The molecule has 0 fully saturated rings. The minimum Gasteiger partial charge on any atom is -0.494 e. The van der Waals surface area contributed by atoms with E-state index in [1.807, 2.05) is 31.2 Å². The molecule has 0 aliphatic carbocycles. The van der Waals surface area contributed by atoms with Gasteiger partial charge in [0.1, 0.15) is 17.9 Å². The molecule has 192 valence electrons. The standard InChI is InChI=1S/C25H24FN5O6/c1-5-36-30-13-17(15-8-6-7-9-20(15)30)23-16(24(32)37-14(2)3)12-27-25(29-23)28-19-11-21(31(33)34)18(26)10-22(19)35-4/h6-14H,5H2,1-4H3,(H,27,28,29). The first kappa shape index (κ1) is 25.4. The van der Waals surface area contributed by atoms with Gasteiger partial charge in [0.25, 0.3) is 0 Å². The Morgan fingerprint density at radius 3 is 2.70 bits per heavy atom. The molecule has 0 atom stereocenters. The molecule has 4 rings (SSSR count). The van der Waals surface area contributed by atoms with E-state index in [4.69, 9.17) is 14.3 Å². The molecule has 37 heavy (non-hydrogen) atoms. The Morgan fingerprint density at radius 1 is 1.27 bits per heavy atom. The van der Waals surface area contributed by atoms with E-state index in [1.54, 1.807) is 24.8 Å². The fourth-order valence-corrected chi connectivity index (χ4v) is 3.73. The smallest absolute Gasteiger partial charge is 0.342 e. The Kier molecular flexibility index (Phi) is 7.18. The number of carbonyl (C=O) groups excluding carboxylic acids is 1. The minimum absolute atomic E-state index is 0.00416. The van der Waals surface area contributed by atoms with E-state index in [1.165, 1.54) is 13.3 Å². The third-order valence-corrected chi connectivity index (χ3v) is 5.26. The van der Waals surface area contributed by atoms with Crippen LogP contribution in [0.3, 0.4) is 0 Å². The number of anilines is 2. The summed E-state index contributed by atoms with van der Waals surface area (Å²) in [5.41, 5.74) is 0.995. The number of nitrogens with one attached hydrogen (secondary N) is 1. The average Bonchev–Trinajstić information content (AvgIpc) is 3.22. The van der Waals surface area contributed by atoms with Gasteiger partial charge in [-0.25, -0.2) is 14.8 Å². The van der Waals surface area contributed by atoms with E-state index >= 15 is 0 Å². The van der Waals surface area contributed by atoms with Crippen LogP contribution in [0, 0.1) is 15.9 Å².